The lowest BCUT2D eigenvalue weighted by molar-refractivity contribution is -0.385. The predicted octanol–water partition coefficient (Wildman–Crippen LogP) is 5.75. The number of rotatable bonds is 8. The van der Waals surface area contributed by atoms with E-state index in [2.05, 4.69) is 9.97 Å². The molecule has 0 saturated carbocycles. The molecule has 0 aliphatic rings. The maximum atomic E-state index is 13.1. The van der Waals surface area contributed by atoms with Crippen LogP contribution in [0.25, 0.3) is 11.0 Å². The number of carbonyl (C=O) groups is 1. The van der Waals surface area contributed by atoms with Gasteiger partial charge in [-0.15, -0.1) is 0 Å². The number of imidazole rings is 1. The van der Waals surface area contributed by atoms with Crippen LogP contribution >= 0.6 is 23.5 Å². The molecule has 0 fully saturated rings. The maximum Gasteiger partial charge on any atom is 0.271 e. The van der Waals surface area contributed by atoms with Crippen LogP contribution in [0.15, 0.2) is 75.6 Å². The normalized spacial score (nSPS) is 10.9. The molecule has 162 valence electrons. The number of Topliss-reactive ketones (excluding diaryl/α,β-unsaturated/α-hetero) is 1. The van der Waals surface area contributed by atoms with Gasteiger partial charge in [0.1, 0.15) is 11.6 Å². The van der Waals surface area contributed by atoms with E-state index in [4.69, 9.17) is 4.74 Å². The van der Waals surface area contributed by atoms with Crippen LogP contribution in [0.1, 0.15) is 10.4 Å². The summed E-state index contributed by atoms with van der Waals surface area (Å²) in [5.41, 5.74) is 1.58. The Kier molecular flexibility index (Phi) is 6.42. The number of ketones is 1. The second-order valence-corrected chi connectivity index (χ2v) is 8.78. The SMILES string of the molecule is COc1ccc2nc(SCC(=O)c3cc(Sc4ccc(F)cc4)cc([N+](=O)[O-])c3)[nH]c2c1. The molecule has 1 N–H and O–H groups in total. The van der Waals surface area contributed by atoms with Crippen molar-refractivity contribution in [3.8, 4) is 5.75 Å². The van der Waals surface area contributed by atoms with Crippen LogP contribution in [0.4, 0.5) is 10.1 Å². The van der Waals surface area contributed by atoms with Crippen LogP contribution in [0.2, 0.25) is 0 Å². The molecule has 1 heterocycles. The highest BCUT2D eigenvalue weighted by Gasteiger charge is 2.16. The van der Waals surface area contributed by atoms with Crippen LogP contribution in [-0.4, -0.2) is 33.5 Å². The Morgan fingerprint density at radius 1 is 1.12 bits per heavy atom. The molecule has 0 bridgehead atoms. The van der Waals surface area contributed by atoms with Crippen LogP contribution in [0, 0.1) is 15.9 Å². The van der Waals surface area contributed by atoms with Gasteiger partial charge in [0, 0.05) is 33.6 Å². The number of nitro groups is 1. The Hall–Kier alpha value is -3.37. The van der Waals surface area contributed by atoms with Crippen molar-refractivity contribution in [2.24, 2.45) is 0 Å². The number of fused-ring (bicyclic) bond motifs is 1. The van der Waals surface area contributed by atoms with E-state index in [0.717, 1.165) is 11.0 Å². The largest absolute Gasteiger partial charge is 0.497 e. The monoisotopic (exact) mass is 469 g/mol. The summed E-state index contributed by atoms with van der Waals surface area (Å²) in [6.07, 6.45) is 0. The summed E-state index contributed by atoms with van der Waals surface area (Å²) >= 11 is 2.43. The Labute approximate surface area is 190 Å². The molecule has 4 rings (SSSR count). The number of ether oxygens (including phenoxy) is 1. The zero-order valence-corrected chi connectivity index (χ0v) is 18.3. The van der Waals surface area contributed by atoms with Crippen LogP contribution in [-0.2, 0) is 0 Å². The molecule has 0 radical (unpaired) electrons. The molecule has 0 unspecified atom stereocenters. The summed E-state index contributed by atoms with van der Waals surface area (Å²) in [4.78, 5) is 32.4. The van der Waals surface area contributed by atoms with E-state index in [-0.39, 0.29) is 28.6 Å². The van der Waals surface area contributed by atoms with Crippen molar-refractivity contribution in [2.75, 3.05) is 12.9 Å². The molecule has 7 nitrogen and oxygen atoms in total. The molecule has 0 saturated heterocycles. The van der Waals surface area contributed by atoms with E-state index in [1.54, 1.807) is 31.4 Å². The van der Waals surface area contributed by atoms with Crippen molar-refractivity contribution < 1.29 is 18.8 Å². The number of aromatic amines is 1. The molecule has 3 aromatic carbocycles. The Bertz CT molecular complexity index is 1310. The fourth-order valence-electron chi connectivity index (χ4n) is 2.93. The van der Waals surface area contributed by atoms with Crippen molar-refractivity contribution in [1.29, 1.82) is 0 Å². The first-order valence-electron chi connectivity index (χ1n) is 9.34. The lowest BCUT2D eigenvalue weighted by Crippen LogP contribution is -2.04. The second kappa shape index (κ2) is 9.41. The summed E-state index contributed by atoms with van der Waals surface area (Å²) in [7, 11) is 1.58. The standard InChI is InChI=1S/C22H16FN3O4S2/c1-30-16-4-7-19-20(11-16)25-22(24-19)31-12-21(27)13-8-15(26(28)29)10-18(9-13)32-17-5-2-14(23)3-6-17/h2-11H,12H2,1H3,(H,24,25). The molecule has 1 aromatic heterocycles. The number of aromatic nitrogens is 2. The minimum absolute atomic E-state index is 0.0543. The number of hydrogen-bond donors (Lipinski definition) is 1. The minimum atomic E-state index is -0.536. The number of nitrogens with one attached hydrogen (secondary N) is 1. The van der Waals surface area contributed by atoms with Gasteiger partial charge in [0.05, 0.1) is 28.8 Å². The molecular weight excluding hydrogens is 453 g/mol. The van der Waals surface area contributed by atoms with Crippen LogP contribution in [0.5, 0.6) is 5.75 Å². The first-order chi connectivity index (χ1) is 15.4. The fraction of sp³-hybridized carbons (Fsp3) is 0.0909. The van der Waals surface area contributed by atoms with E-state index < -0.39 is 4.92 Å². The highest BCUT2D eigenvalue weighted by Crippen LogP contribution is 2.32. The van der Waals surface area contributed by atoms with Crippen molar-refractivity contribution in [2.45, 2.75) is 14.9 Å². The quantitative estimate of drug-likeness (QED) is 0.152. The predicted molar refractivity (Wildman–Crippen MR) is 121 cm³/mol. The van der Waals surface area contributed by atoms with Crippen molar-refractivity contribution in [1.82, 2.24) is 9.97 Å². The molecule has 0 aliphatic carbocycles. The van der Waals surface area contributed by atoms with Gasteiger partial charge in [-0.25, -0.2) is 9.37 Å². The number of thioether (sulfide) groups is 1. The van der Waals surface area contributed by atoms with Crippen molar-refractivity contribution in [3.05, 3.63) is 82.2 Å². The number of non-ortho nitro benzene ring substituents is 1. The van der Waals surface area contributed by atoms with Crippen LogP contribution < -0.4 is 4.74 Å². The third kappa shape index (κ3) is 5.09. The highest BCUT2D eigenvalue weighted by molar-refractivity contribution is 8.00. The van der Waals surface area contributed by atoms with E-state index >= 15 is 0 Å². The van der Waals surface area contributed by atoms with Gasteiger partial charge in [-0.3, -0.25) is 14.9 Å². The molecule has 0 aliphatic heterocycles. The number of nitro benzene ring substituents is 1. The molecular formula is C22H16FN3O4S2. The maximum absolute atomic E-state index is 13.1. The van der Waals surface area contributed by atoms with Gasteiger partial charge in [-0.1, -0.05) is 23.5 Å². The van der Waals surface area contributed by atoms with E-state index in [9.17, 15) is 19.3 Å². The Morgan fingerprint density at radius 2 is 1.91 bits per heavy atom. The lowest BCUT2D eigenvalue weighted by atomic mass is 10.1. The number of hydrogen-bond acceptors (Lipinski definition) is 7. The first-order valence-corrected chi connectivity index (χ1v) is 11.1. The molecule has 4 aromatic rings. The van der Waals surface area contributed by atoms with Crippen LogP contribution in [0.3, 0.4) is 0 Å². The van der Waals surface area contributed by atoms with Gasteiger partial charge in [0.2, 0.25) is 0 Å². The average Bonchev–Trinajstić information content (AvgIpc) is 3.20. The Balaban J connectivity index is 1.52. The number of nitrogens with zero attached hydrogens (tertiary/aromatic N) is 2. The summed E-state index contributed by atoms with van der Waals surface area (Å²) in [5, 5.41) is 11.9. The van der Waals surface area contributed by atoms with Gasteiger partial charge in [0.25, 0.3) is 5.69 Å². The van der Waals surface area contributed by atoms with Gasteiger partial charge in [-0.05, 0) is 42.5 Å². The summed E-state index contributed by atoms with van der Waals surface area (Å²) < 4.78 is 18.3. The number of benzene rings is 3. The fourth-order valence-corrected chi connectivity index (χ4v) is 4.61. The topological polar surface area (TPSA) is 98.1 Å². The smallest absolute Gasteiger partial charge is 0.271 e. The van der Waals surface area contributed by atoms with Crippen molar-refractivity contribution >= 4 is 46.0 Å². The number of carbonyl (C=O) groups excluding carboxylic acids is 1. The summed E-state index contributed by atoms with van der Waals surface area (Å²) in [6, 6.07) is 15.5. The van der Waals surface area contributed by atoms with Gasteiger partial charge < -0.3 is 9.72 Å². The van der Waals surface area contributed by atoms with Gasteiger partial charge in [0.15, 0.2) is 10.9 Å². The number of H-pyrrole nitrogens is 1. The number of halogens is 1. The van der Waals surface area contributed by atoms with Gasteiger partial charge >= 0.3 is 0 Å². The third-order valence-electron chi connectivity index (χ3n) is 4.48. The summed E-state index contributed by atoms with van der Waals surface area (Å²) in [5.74, 6) is 0.109. The molecule has 0 atom stereocenters. The van der Waals surface area contributed by atoms with E-state index in [0.29, 0.717) is 20.7 Å². The molecule has 0 spiro atoms. The van der Waals surface area contributed by atoms with E-state index in [1.165, 1.54) is 47.8 Å². The van der Waals surface area contributed by atoms with E-state index in [1.807, 2.05) is 12.1 Å². The zero-order valence-electron chi connectivity index (χ0n) is 16.7. The molecule has 32 heavy (non-hydrogen) atoms. The van der Waals surface area contributed by atoms with Crippen molar-refractivity contribution in [3.63, 3.8) is 0 Å². The second-order valence-electron chi connectivity index (χ2n) is 6.67. The Morgan fingerprint density at radius 3 is 2.62 bits per heavy atom. The van der Waals surface area contributed by atoms with Gasteiger partial charge in [-0.2, -0.15) is 0 Å². The minimum Gasteiger partial charge on any atom is -0.497 e. The summed E-state index contributed by atoms with van der Waals surface area (Å²) in [6.45, 7) is 0. The molecule has 0 amide bonds. The molecule has 10 heteroatoms. The number of methoxy groups -OCH3 is 1. The zero-order chi connectivity index (χ0) is 22.7. The lowest BCUT2D eigenvalue weighted by Gasteiger charge is -2.06. The first kappa shape index (κ1) is 21.8. The highest BCUT2D eigenvalue weighted by atomic mass is 32.2. The third-order valence-corrected chi connectivity index (χ3v) is 6.33. The average molecular weight is 470 g/mol.